The SMILES string of the molecule is COc1cccc(NC(=O)Cn2ncc3c(C)n(Cc4ccccc4F)c(C)c3c2=O)c1. The molecule has 0 radical (unpaired) electrons. The van der Waals surface area contributed by atoms with Crippen LogP contribution in [0.5, 0.6) is 5.75 Å². The molecule has 7 nitrogen and oxygen atoms in total. The van der Waals surface area contributed by atoms with Crippen LogP contribution in [-0.2, 0) is 17.9 Å². The van der Waals surface area contributed by atoms with Crippen LogP contribution in [0.15, 0.2) is 59.5 Å². The first-order chi connectivity index (χ1) is 15.4. The second-order valence-corrected chi connectivity index (χ2v) is 7.52. The molecule has 0 fully saturated rings. The highest BCUT2D eigenvalue weighted by Crippen LogP contribution is 2.24. The topological polar surface area (TPSA) is 78.2 Å². The molecule has 0 aliphatic heterocycles. The Balaban J connectivity index is 1.63. The number of ether oxygens (including phenoxy) is 1. The molecule has 0 unspecified atom stereocenters. The van der Waals surface area contributed by atoms with Crippen molar-refractivity contribution in [1.29, 1.82) is 0 Å². The van der Waals surface area contributed by atoms with Gasteiger partial charge in [-0.1, -0.05) is 24.3 Å². The molecule has 4 rings (SSSR count). The third-order valence-corrected chi connectivity index (χ3v) is 5.54. The summed E-state index contributed by atoms with van der Waals surface area (Å²) in [5, 5.41) is 8.10. The van der Waals surface area contributed by atoms with E-state index in [2.05, 4.69) is 10.4 Å². The Morgan fingerprint density at radius 2 is 1.91 bits per heavy atom. The monoisotopic (exact) mass is 434 g/mol. The Hall–Kier alpha value is -3.94. The van der Waals surface area contributed by atoms with Crippen LogP contribution >= 0.6 is 0 Å². The first-order valence-corrected chi connectivity index (χ1v) is 10.1. The second-order valence-electron chi connectivity index (χ2n) is 7.52. The lowest BCUT2D eigenvalue weighted by Crippen LogP contribution is -2.29. The Morgan fingerprint density at radius 3 is 2.66 bits per heavy atom. The van der Waals surface area contributed by atoms with Crippen LogP contribution in [0, 0.1) is 19.7 Å². The number of rotatable bonds is 6. The third-order valence-electron chi connectivity index (χ3n) is 5.54. The maximum absolute atomic E-state index is 14.2. The van der Waals surface area contributed by atoms with E-state index in [9.17, 15) is 14.0 Å². The van der Waals surface area contributed by atoms with Gasteiger partial charge in [0.1, 0.15) is 18.1 Å². The zero-order valence-corrected chi connectivity index (χ0v) is 18.1. The first-order valence-electron chi connectivity index (χ1n) is 10.1. The summed E-state index contributed by atoms with van der Waals surface area (Å²) in [7, 11) is 1.54. The van der Waals surface area contributed by atoms with Crippen molar-refractivity contribution in [3.63, 3.8) is 0 Å². The Morgan fingerprint density at radius 1 is 1.12 bits per heavy atom. The maximum Gasteiger partial charge on any atom is 0.276 e. The third kappa shape index (κ3) is 3.99. The van der Waals surface area contributed by atoms with Crippen molar-refractivity contribution in [1.82, 2.24) is 14.3 Å². The van der Waals surface area contributed by atoms with Gasteiger partial charge in [-0.15, -0.1) is 0 Å². The minimum absolute atomic E-state index is 0.233. The molecule has 2 aromatic carbocycles. The van der Waals surface area contributed by atoms with Crippen molar-refractivity contribution in [3.05, 3.63) is 87.9 Å². The maximum atomic E-state index is 14.2. The Kier molecular flexibility index (Phi) is 5.77. The second kappa shape index (κ2) is 8.66. The molecule has 1 amide bonds. The molecule has 8 heteroatoms. The van der Waals surface area contributed by atoms with Gasteiger partial charge in [-0.2, -0.15) is 5.10 Å². The van der Waals surface area contributed by atoms with Gasteiger partial charge in [-0.3, -0.25) is 9.59 Å². The molecule has 2 heterocycles. The van der Waals surface area contributed by atoms with E-state index in [0.29, 0.717) is 40.0 Å². The van der Waals surface area contributed by atoms with E-state index < -0.39 is 0 Å². The number of hydrogen-bond donors (Lipinski definition) is 1. The number of halogens is 1. The van der Waals surface area contributed by atoms with Crippen LogP contribution in [0.3, 0.4) is 0 Å². The van der Waals surface area contributed by atoms with Crippen molar-refractivity contribution in [2.24, 2.45) is 0 Å². The smallest absolute Gasteiger partial charge is 0.276 e. The molecule has 0 aliphatic carbocycles. The van der Waals surface area contributed by atoms with Crippen LogP contribution in [-0.4, -0.2) is 27.4 Å². The molecule has 0 atom stereocenters. The Labute approximate surface area is 184 Å². The standard InChI is InChI=1S/C24H23FN4O3/c1-15-20-12-26-29(14-22(30)27-18-8-6-9-19(11-18)32-3)24(31)23(20)16(2)28(15)13-17-7-4-5-10-21(17)25/h4-12H,13-14H2,1-3H3,(H,27,30). The van der Waals surface area contributed by atoms with E-state index in [-0.39, 0.29) is 23.8 Å². The molecule has 0 spiro atoms. The molecule has 0 bridgehead atoms. The average molecular weight is 434 g/mol. The van der Waals surface area contributed by atoms with Gasteiger partial charge in [-0.25, -0.2) is 9.07 Å². The minimum Gasteiger partial charge on any atom is -0.497 e. The summed E-state index contributed by atoms with van der Waals surface area (Å²) in [6.45, 7) is 3.76. The summed E-state index contributed by atoms with van der Waals surface area (Å²) in [6.07, 6.45) is 1.58. The lowest BCUT2D eigenvalue weighted by atomic mass is 10.2. The predicted octanol–water partition coefficient (Wildman–Crippen LogP) is 3.65. The number of hydrogen-bond acceptors (Lipinski definition) is 4. The summed E-state index contributed by atoms with van der Waals surface area (Å²) in [5.74, 6) is -0.0667. The van der Waals surface area contributed by atoms with Crippen molar-refractivity contribution in [3.8, 4) is 5.75 Å². The fraction of sp³-hybridized carbons (Fsp3) is 0.208. The molecule has 1 N–H and O–H groups in total. The van der Waals surface area contributed by atoms with Gasteiger partial charge in [0.05, 0.1) is 25.2 Å². The molecular weight excluding hydrogens is 411 g/mol. The van der Waals surface area contributed by atoms with Gasteiger partial charge in [0.15, 0.2) is 0 Å². The summed E-state index contributed by atoms with van der Waals surface area (Å²) in [5.41, 5.74) is 2.25. The molecule has 4 aromatic rings. The number of aromatic nitrogens is 3. The molecule has 164 valence electrons. The van der Waals surface area contributed by atoms with E-state index in [1.165, 1.54) is 6.07 Å². The van der Waals surface area contributed by atoms with Gasteiger partial charge in [0.25, 0.3) is 5.56 Å². The van der Waals surface area contributed by atoms with E-state index in [1.807, 2.05) is 18.4 Å². The van der Waals surface area contributed by atoms with Crippen LogP contribution in [0.1, 0.15) is 17.0 Å². The van der Waals surface area contributed by atoms with Crippen molar-refractivity contribution >= 4 is 22.4 Å². The lowest BCUT2D eigenvalue weighted by molar-refractivity contribution is -0.117. The number of carbonyl (C=O) groups excluding carboxylic acids is 1. The number of amides is 1. The molecular formula is C24H23FN4O3. The summed E-state index contributed by atoms with van der Waals surface area (Å²) in [6, 6.07) is 13.5. The Bertz CT molecular complexity index is 1370. The van der Waals surface area contributed by atoms with Crippen molar-refractivity contribution < 1.29 is 13.9 Å². The largest absolute Gasteiger partial charge is 0.497 e. The molecule has 0 aliphatic rings. The van der Waals surface area contributed by atoms with Gasteiger partial charge in [-0.05, 0) is 32.0 Å². The van der Waals surface area contributed by atoms with Crippen LogP contribution in [0.25, 0.3) is 10.8 Å². The number of benzene rings is 2. The van der Waals surface area contributed by atoms with Crippen LogP contribution < -0.4 is 15.6 Å². The zero-order chi connectivity index (χ0) is 22.8. The molecule has 0 saturated heterocycles. The zero-order valence-electron chi connectivity index (χ0n) is 18.1. The predicted molar refractivity (Wildman–Crippen MR) is 121 cm³/mol. The summed E-state index contributed by atoms with van der Waals surface area (Å²) < 4.78 is 22.4. The van der Waals surface area contributed by atoms with Crippen LogP contribution in [0.4, 0.5) is 10.1 Å². The number of aryl methyl sites for hydroxylation is 2. The number of nitrogens with zero attached hydrogens (tertiary/aromatic N) is 3. The number of anilines is 1. The number of methoxy groups -OCH3 is 1. The average Bonchev–Trinajstić information content (AvgIpc) is 3.02. The van der Waals surface area contributed by atoms with E-state index in [4.69, 9.17) is 4.74 Å². The number of carbonyl (C=O) groups is 1. The highest BCUT2D eigenvalue weighted by Gasteiger charge is 2.18. The molecule has 0 saturated carbocycles. The van der Waals surface area contributed by atoms with Gasteiger partial charge in [0, 0.05) is 34.1 Å². The van der Waals surface area contributed by atoms with E-state index in [0.717, 1.165) is 10.4 Å². The number of nitrogens with one attached hydrogen (secondary N) is 1. The van der Waals surface area contributed by atoms with E-state index in [1.54, 1.807) is 55.8 Å². The van der Waals surface area contributed by atoms with E-state index >= 15 is 0 Å². The molecule has 2 aromatic heterocycles. The first kappa shape index (κ1) is 21.3. The minimum atomic E-state index is -0.382. The van der Waals surface area contributed by atoms with Crippen molar-refractivity contribution in [2.45, 2.75) is 26.9 Å². The van der Waals surface area contributed by atoms with Gasteiger partial charge < -0.3 is 14.6 Å². The number of fused-ring (bicyclic) bond motifs is 1. The van der Waals surface area contributed by atoms with Crippen LogP contribution in [0.2, 0.25) is 0 Å². The molecule has 32 heavy (non-hydrogen) atoms. The lowest BCUT2D eigenvalue weighted by Gasteiger charge is -2.10. The fourth-order valence-corrected chi connectivity index (χ4v) is 3.83. The summed E-state index contributed by atoms with van der Waals surface area (Å²) >= 11 is 0. The van der Waals surface area contributed by atoms with Gasteiger partial charge >= 0.3 is 0 Å². The highest BCUT2D eigenvalue weighted by molar-refractivity contribution is 5.91. The fourth-order valence-electron chi connectivity index (χ4n) is 3.83. The summed E-state index contributed by atoms with van der Waals surface area (Å²) in [4.78, 5) is 25.6. The van der Waals surface area contributed by atoms with Crippen molar-refractivity contribution in [2.75, 3.05) is 12.4 Å². The quantitative estimate of drug-likeness (QED) is 0.503. The normalized spacial score (nSPS) is 11.0. The highest BCUT2D eigenvalue weighted by atomic mass is 19.1. The van der Waals surface area contributed by atoms with Gasteiger partial charge in [0.2, 0.25) is 5.91 Å².